The van der Waals surface area contributed by atoms with E-state index in [1.54, 1.807) is 12.1 Å². The molecule has 0 saturated carbocycles. The molecular formula is C14H16BrFN4O. The fourth-order valence-corrected chi connectivity index (χ4v) is 3.15. The Labute approximate surface area is 129 Å². The van der Waals surface area contributed by atoms with Gasteiger partial charge in [-0.05, 0) is 24.6 Å². The van der Waals surface area contributed by atoms with Crippen molar-refractivity contribution in [2.24, 2.45) is 5.73 Å². The maximum Gasteiger partial charge on any atom is 0.258 e. The molecule has 3 rings (SSSR count). The van der Waals surface area contributed by atoms with Crippen LogP contribution >= 0.6 is 15.9 Å². The second-order valence-electron chi connectivity index (χ2n) is 5.33. The lowest BCUT2D eigenvalue weighted by Crippen LogP contribution is -2.35. The summed E-state index contributed by atoms with van der Waals surface area (Å²) in [5.41, 5.74) is 6.12. The van der Waals surface area contributed by atoms with Crippen LogP contribution in [-0.2, 0) is 6.54 Å². The summed E-state index contributed by atoms with van der Waals surface area (Å²) >= 11 is 3.34. The Balaban J connectivity index is 1.91. The van der Waals surface area contributed by atoms with Crippen molar-refractivity contribution >= 4 is 26.8 Å². The summed E-state index contributed by atoms with van der Waals surface area (Å²) in [7, 11) is 0. The number of H-pyrrole nitrogens is 1. The van der Waals surface area contributed by atoms with Crippen LogP contribution in [0.3, 0.4) is 0 Å². The van der Waals surface area contributed by atoms with Crippen LogP contribution in [0.4, 0.5) is 4.39 Å². The average Bonchev–Trinajstić information content (AvgIpc) is 2.80. The molecule has 2 heterocycles. The molecule has 112 valence electrons. The number of halogens is 2. The molecule has 2 atom stereocenters. The predicted molar refractivity (Wildman–Crippen MR) is 82.8 cm³/mol. The number of benzene rings is 1. The number of hydrogen-bond donors (Lipinski definition) is 2. The minimum atomic E-state index is -0.860. The van der Waals surface area contributed by atoms with Gasteiger partial charge in [-0.15, -0.1) is 0 Å². The first-order chi connectivity index (χ1) is 10.1. The number of rotatable bonds is 3. The topological polar surface area (TPSA) is 75.0 Å². The fraction of sp³-hybridized carbons (Fsp3) is 0.429. The van der Waals surface area contributed by atoms with Gasteiger partial charge in [-0.3, -0.25) is 9.69 Å². The molecule has 0 amide bonds. The van der Waals surface area contributed by atoms with Crippen molar-refractivity contribution in [3.8, 4) is 0 Å². The largest absolute Gasteiger partial charge is 0.329 e. The Morgan fingerprint density at radius 2 is 2.33 bits per heavy atom. The Kier molecular flexibility index (Phi) is 4.05. The zero-order chi connectivity index (χ0) is 15.0. The van der Waals surface area contributed by atoms with Crippen LogP contribution in [0.25, 0.3) is 10.9 Å². The van der Waals surface area contributed by atoms with E-state index >= 15 is 0 Å². The van der Waals surface area contributed by atoms with Crippen LogP contribution < -0.4 is 11.3 Å². The van der Waals surface area contributed by atoms with Gasteiger partial charge in [0.25, 0.3) is 5.56 Å². The fourth-order valence-electron chi connectivity index (χ4n) is 2.79. The maximum absolute atomic E-state index is 13.5. The predicted octanol–water partition coefficient (Wildman–Crippen LogP) is 1.56. The Morgan fingerprint density at radius 1 is 1.52 bits per heavy atom. The molecule has 1 aromatic heterocycles. The van der Waals surface area contributed by atoms with Gasteiger partial charge < -0.3 is 10.7 Å². The molecule has 5 nitrogen and oxygen atoms in total. The highest BCUT2D eigenvalue weighted by Gasteiger charge is 2.31. The van der Waals surface area contributed by atoms with E-state index in [1.807, 2.05) is 11.0 Å². The second-order valence-corrected chi connectivity index (χ2v) is 6.24. The van der Waals surface area contributed by atoms with Gasteiger partial charge >= 0.3 is 0 Å². The lowest BCUT2D eigenvalue weighted by molar-refractivity contribution is 0.233. The Bertz CT molecular complexity index is 720. The molecule has 0 unspecified atom stereocenters. The van der Waals surface area contributed by atoms with Crippen LogP contribution in [0.5, 0.6) is 0 Å². The van der Waals surface area contributed by atoms with Gasteiger partial charge in [0.2, 0.25) is 0 Å². The molecule has 0 radical (unpaired) electrons. The molecule has 1 aromatic carbocycles. The highest BCUT2D eigenvalue weighted by molar-refractivity contribution is 9.10. The molecule has 21 heavy (non-hydrogen) atoms. The first-order valence-corrected chi connectivity index (χ1v) is 7.63. The van der Waals surface area contributed by atoms with E-state index in [1.165, 1.54) is 0 Å². The molecule has 7 heteroatoms. The van der Waals surface area contributed by atoms with Crippen LogP contribution in [-0.4, -0.2) is 40.2 Å². The van der Waals surface area contributed by atoms with E-state index < -0.39 is 6.17 Å². The Morgan fingerprint density at radius 3 is 3.10 bits per heavy atom. The molecule has 1 aliphatic rings. The number of fused-ring (bicyclic) bond motifs is 1. The van der Waals surface area contributed by atoms with E-state index in [9.17, 15) is 9.18 Å². The number of alkyl halides is 1. The van der Waals surface area contributed by atoms with Crippen LogP contribution in [0.1, 0.15) is 12.2 Å². The van der Waals surface area contributed by atoms with Crippen molar-refractivity contribution in [2.75, 3.05) is 13.1 Å². The SMILES string of the molecule is NC[C@@H]1C[C@H](F)CN1Cc1nc2ccc(Br)cc2c(=O)[nH]1. The van der Waals surface area contributed by atoms with E-state index in [4.69, 9.17) is 5.73 Å². The van der Waals surface area contributed by atoms with Crippen molar-refractivity contribution in [3.63, 3.8) is 0 Å². The smallest absolute Gasteiger partial charge is 0.258 e. The summed E-state index contributed by atoms with van der Waals surface area (Å²) in [5, 5.41) is 0.535. The molecule has 0 aliphatic carbocycles. The third-order valence-electron chi connectivity index (χ3n) is 3.82. The first kappa shape index (κ1) is 14.6. The number of nitrogens with two attached hydrogens (primary N) is 1. The van der Waals surface area contributed by atoms with Crippen molar-refractivity contribution in [1.82, 2.24) is 14.9 Å². The van der Waals surface area contributed by atoms with Crippen LogP contribution in [0, 0.1) is 0 Å². The third-order valence-corrected chi connectivity index (χ3v) is 4.31. The minimum absolute atomic E-state index is 0.00548. The van der Waals surface area contributed by atoms with Gasteiger partial charge in [0, 0.05) is 23.6 Å². The molecule has 1 aliphatic heterocycles. The van der Waals surface area contributed by atoms with E-state index in [-0.39, 0.29) is 11.6 Å². The summed E-state index contributed by atoms with van der Waals surface area (Å²) in [6.07, 6.45) is -0.414. The number of hydrogen-bond acceptors (Lipinski definition) is 4. The van der Waals surface area contributed by atoms with Crippen molar-refractivity contribution in [3.05, 3.63) is 38.9 Å². The number of nitrogens with zero attached hydrogens (tertiary/aromatic N) is 2. The van der Waals surface area contributed by atoms with E-state index in [0.717, 1.165) is 4.47 Å². The highest BCUT2D eigenvalue weighted by atomic mass is 79.9. The number of likely N-dealkylation sites (tertiary alicyclic amines) is 1. The number of aromatic amines is 1. The number of nitrogens with one attached hydrogen (secondary N) is 1. The summed E-state index contributed by atoms with van der Waals surface area (Å²) in [5.74, 6) is 0.544. The second kappa shape index (κ2) is 5.82. The summed E-state index contributed by atoms with van der Waals surface area (Å²) in [6, 6.07) is 5.38. The van der Waals surface area contributed by atoms with Crippen molar-refractivity contribution in [2.45, 2.75) is 25.2 Å². The minimum Gasteiger partial charge on any atom is -0.329 e. The van der Waals surface area contributed by atoms with Gasteiger partial charge in [-0.1, -0.05) is 15.9 Å². The van der Waals surface area contributed by atoms with Gasteiger partial charge in [0.1, 0.15) is 12.0 Å². The normalized spacial score (nSPS) is 23.0. The number of aromatic nitrogens is 2. The van der Waals surface area contributed by atoms with Crippen LogP contribution in [0.15, 0.2) is 27.5 Å². The standard InChI is InChI=1S/C14H16BrFN4O/c15-8-1-2-12-11(3-8)14(21)19-13(18-12)7-20-6-9(16)4-10(20)5-17/h1-3,9-10H,4-7,17H2,(H,18,19,21)/t9-,10-/m0/s1. The van der Waals surface area contributed by atoms with Crippen molar-refractivity contribution in [1.29, 1.82) is 0 Å². The molecule has 0 bridgehead atoms. The zero-order valence-corrected chi connectivity index (χ0v) is 12.9. The lowest BCUT2D eigenvalue weighted by Gasteiger charge is -2.21. The quantitative estimate of drug-likeness (QED) is 0.876. The Hall–Kier alpha value is -1.31. The summed E-state index contributed by atoms with van der Waals surface area (Å²) < 4.78 is 14.3. The third kappa shape index (κ3) is 3.00. The highest BCUT2D eigenvalue weighted by Crippen LogP contribution is 2.21. The van der Waals surface area contributed by atoms with E-state index in [2.05, 4.69) is 25.9 Å². The molecular weight excluding hydrogens is 339 g/mol. The van der Waals surface area contributed by atoms with Gasteiger partial charge in [-0.25, -0.2) is 9.37 Å². The lowest BCUT2D eigenvalue weighted by atomic mass is 10.2. The monoisotopic (exact) mass is 354 g/mol. The first-order valence-electron chi connectivity index (χ1n) is 6.83. The summed E-state index contributed by atoms with van der Waals surface area (Å²) in [4.78, 5) is 21.3. The zero-order valence-electron chi connectivity index (χ0n) is 11.4. The molecule has 0 spiro atoms. The van der Waals surface area contributed by atoms with Gasteiger partial charge in [0.15, 0.2) is 0 Å². The van der Waals surface area contributed by atoms with Crippen LogP contribution in [0.2, 0.25) is 0 Å². The van der Waals surface area contributed by atoms with Crippen molar-refractivity contribution < 1.29 is 4.39 Å². The summed E-state index contributed by atoms with van der Waals surface area (Å²) in [6.45, 7) is 1.15. The van der Waals surface area contributed by atoms with E-state index in [0.29, 0.717) is 42.8 Å². The van der Waals surface area contributed by atoms with Gasteiger partial charge in [-0.2, -0.15) is 0 Å². The van der Waals surface area contributed by atoms with Gasteiger partial charge in [0.05, 0.1) is 17.4 Å². The average molecular weight is 355 g/mol. The molecule has 3 N–H and O–H groups in total. The molecule has 1 fully saturated rings. The maximum atomic E-state index is 13.5. The molecule has 1 saturated heterocycles. The molecule has 2 aromatic rings.